The highest BCUT2D eigenvalue weighted by atomic mass is 16.6. The van der Waals surface area contributed by atoms with Crippen LogP contribution in [0.4, 0.5) is 0 Å². The van der Waals surface area contributed by atoms with E-state index in [1.165, 1.54) is 0 Å². The van der Waals surface area contributed by atoms with Crippen LogP contribution in [0.25, 0.3) is 11.4 Å². The summed E-state index contributed by atoms with van der Waals surface area (Å²) in [7, 11) is 0. The minimum atomic E-state index is -0.361. The smallest absolute Gasteiger partial charge is 0.338 e. The van der Waals surface area contributed by atoms with Gasteiger partial charge in [0.2, 0.25) is 0 Å². The summed E-state index contributed by atoms with van der Waals surface area (Å²) in [4.78, 5) is 16.1. The van der Waals surface area contributed by atoms with E-state index in [1.807, 2.05) is 20.8 Å². The fourth-order valence-corrected chi connectivity index (χ4v) is 1.73. The van der Waals surface area contributed by atoms with Crippen molar-refractivity contribution in [3.05, 3.63) is 35.7 Å². The first kappa shape index (κ1) is 15.2. The maximum Gasteiger partial charge on any atom is 0.338 e. The van der Waals surface area contributed by atoms with E-state index in [4.69, 9.17) is 9.47 Å². The Morgan fingerprint density at radius 2 is 1.95 bits per heavy atom. The fraction of sp³-hybridized carbons (Fsp3) is 0.400. The molecule has 0 bridgehead atoms. The number of aromatic amines is 1. The molecule has 0 spiro atoms. The molecule has 6 heteroatoms. The molecule has 0 amide bonds. The molecule has 0 saturated heterocycles. The molecule has 1 N–H and O–H groups in total. The van der Waals surface area contributed by atoms with Crippen molar-refractivity contribution in [2.75, 3.05) is 13.2 Å². The van der Waals surface area contributed by atoms with Crippen molar-refractivity contribution in [1.82, 2.24) is 15.2 Å². The summed E-state index contributed by atoms with van der Waals surface area (Å²) in [5.41, 5.74) is 1.34. The molecule has 0 atom stereocenters. The Bertz CT molecular complexity index is 590. The molecule has 0 radical (unpaired) electrons. The molecule has 1 aromatic carbocycles. The number of hydrogen-bond acceptors (Lipinski definition) is 5. The summed E-state index contributed by atoms with van der Waals surface area (Å²) in [5, 5.41) is 6.85. The largest absolute Gasteiger partial charge is 0.460 e. The first-order valence-electron chi connectivity index (χ1n) is 6.84. The van der Waals surface area contributed by atoms with Crippen LogP contribution in [0, 0.1) is 6.92 Å². The maximum absolute atomic E-state index is 11.8. The second kappa shape index (κ2) is 6.99. The zero-order chi connectivity index (χ0) is 15.2. The van der Waals surface area contributed by atoms with Gasteiger partial charge in [-0.2, -0.15) is 5.10 Å². The number of aromatic nitrogens is 3. The third kappa shape index (κ3) is 4.39. The van der Waals surface area contributed by atoms with Crippen LogP contribution in [0.2, 0.25) is 0 Å². The van der Waals surface area contributed by atoms with Gasteiger partial charge < -0.3 is 9.47 Å². The van der Waals surface area contributed by atoms with Crippen LogP contribution in [0.15, 0.2) is 24.3 Å². The Balaban J connectivity index is 1.91. The topological polar surface area (TPSA) is 77.1 Å². The van der Waals surface area contributed by atoms with Crippen LogP contribution in [-0.4, -0.2) is 40.5 Å². The highest BCUT2D eigenvalue weighted by molar-refractivity contribution is 5.89. The monoisotopic (exact) mass is 289 g/mol. The van der Waals surface area contributed by atoms with E-state index in [-0.39, 0.29) is 18.7 Å². The second-order valence-electron chi connectivity index (χ2n) is 4.88. The molecule has 1 heterocycles. The van der Waals surface area contributed by atoms with Crippen LogP contribution in [0.5, 0.6) is 0 Å². The van der Waals surface area contributed by atoms with Crippen molar-refractivity contribution in [2.45, 2.75) is 26.9 Å². The molecule has 2 aromatic rings. The van der Waals surface area contributed by atoms with Crippen molar-refractivity contribution in [3.8, 4) is 11.4 Å². The number of ether oxygens (including phenoxy) is 2. The summed E-state index contributed by atoms with van der Waals surface area (Å²) in [6.07, 6.45) is 0.132. The summed E-state index contributed by atoms with van der Waals surface area (Å²) in [6, 6.07) is 6.99. The van der Waals surface area contributed by atoms with E-state index in [0.29, 0.717) is 18.0 Å². The number of H-pyrrole nitrogens is 1. The summed E-state index contributed by atoms with van der Waals surface area (Å²) >= 11 is 0. The van der Waals surface area contributed by atoms with Crippen LogP contribution in [0.3, 0.4) is 0 Å². The zero-order valence-corrected chi connectivity index (χ0v) is 12.4. The fourth-order valence-electron chi connectivity index (χ4n) is 1.73. The highest BCUT2D eigenvalue weighted by Crippen LogP contribution is 2.15. The zero-order valence-electron chi connectivity index (χ0n) is 12.4. The number of nitrogens with zero attached hydrogens (tertiary/aromatic N) is 2. The maximum atomic E-state index is 11.8. The lowest BCUT2D eigenvalue weighted by Gasteiger charge is -2.08. The lowest BCUT2D eigenvalue weighted by molar-refractivity contribution is 0.0177. The third-order valence-corrected chi connectivity index (χ3v) is 2.74. The van der Waals surface area contributed by atoms with Crippen molar-refractivity contribution in [1.29, 1.82) is 0 Å². The number of rotatable bonds is 6. The van der Waals surface area contributed by atoms with Crippen molar-refractivity contribution < 1.29 is 14.3 Å². The Kier molecular flexibility index (Phi) is 5.05. The van der Waals surface area contributed by atoms with Gasteiger partial charge in [0.05, 0.1) is 18.3 Å². The van der Waals surface area contributed by atoms with E-state index in [9.17, 15) is 4.79 Å². The Morgan fingerprint density at radius 1 is 1.24 bits per heavy atom. The average Bonchev–Trinajstić information content (AvgIpc) is 2.90. The van der Waals surface area contributed by atoms with Crippen LogP contribution < -0.4 is 0 Å². The predicted octanol–water partition coefficient (Wildman–Crippen LogP) is 2.36. The van der Waals surface area contributed by atoms with Crippen molar-refractivity contribution in [3.63, 3.8) is 0 Å². The van der Waals surface area contributed by atoms with Gasteiger partial charge in [0.1, 0.15) is 12.4 Å². The van der Waals surface area contributed by atoms with Gasteiger partial charge >= 0.3 is 5.97 Å². The Labute approximate surface area is 123 Å². The minimum Gasteiger partial charge on any atom is -0.460 e. The summed E-state index contributed by atoms with van der Waals surface area (Å²) in [5.74, 6) is 0.997. The molecule has 2 rings (SSSR count). The molecular formula is C15H19N3O3. The highest BCUT2D eigenvalue weighted by Gasteiger charge is 2.09. The molecule has 21 heavy (non-hydrogen) atoms. The molecule has 0 aliphatic carbocycles. The van der Waals surface area contributed by atoms with Crippen LogP contribution in [0.1, 0.15) is 30.0 Å². The van der Waals surface area contributed by atoms with Crippen LogP contribution in [-0.2, 0) is 9.47 Å². The Hall–Kier alpha value is -2.21. The minimum absolute atomic E-state index is 0.132. The molecule has 112 valence electrons. The molecule has 6 nitrogen and oxygen atoms in total. The van der Waals surface area contributed by atoms with Gasteiger partial charge in [0.25, 0.3) is 0 Å². The first-order valence-corrected chi connectivity index (χ1v) is 6.84. The number of aryl methyl sites for hydroxylation is 1. The van der Waals surface area contributed by atoms with E-state index in [0.717, 1.165) is 11.4 Å². The van der Waals surface area contributed by atoms with Gasteiger partial charge in [-0.25, -0.2) is 9.78 Å². The molecule has 1 aromatic heterocycles. The summed E-state index contributed by atoms with van der Waals surface area (Å²) < 4.78 is 10.4. The normalized spacial score (nSPS) is 10.9. The van der Waals surface area contributed by atoms with E-state index in [1.54, 1.807) is 24.3 Å². The predicted molar refractivity (Wildman–Crippen MR) is 77.9 cm³/mol. The van der Waals surface area contributed by atoms with E-state index >= 15 is 0 Å². The average molecular weight is 289 g/mol. The third-order valence-electron chi connectivity index (χ3n) is 2.74. The quantitative estimate of drug-likeness (QED) is 0.652. The molecular weight excluding hydrogens is 270 g/mol. The van der Waals surface area contributed by atoms with Gasteiger partial charge in [-0.05, 0) is 32.9 Å². The van der Waals surface area contributed by atoms with E-state index in [2.05, 4.69) is 15.2 Å². The van der Waals surface area contributed by atoms with Gasteiger partial charge in [-0.15, -0.1) is 0 Å². The van der Waals surface area contributed by atoms with Crippen molar-refractivity contribution >= 4 is 5.97 Å². The lowest BCUT2D eigenvalue weighted by Crippen LogP contribution is -2.13. The number of nitrogens with one attached hydrogen (secondary N) is 1. The van der Waals surface area contributed by atoms with Gasteiger partial charge in [0.15, 0.2) is 5.82 Å². The molecule has 0 unspecified atom stereocenters. The number of esters is 1. The van der Waals surface area contributed by atoms with Crippen LogP contribution >= 0.6 is 0 Å². The van der Waals surface area contributed by atoms with Gasteiger partial charge in [-0.3, -0.25) is 5.10 Å². The van der Waals surface area contributed by atoms with Gasteiger partial charge in [0, 0.05) is 5.56 Å². The first-order chi connectivity index (χ1) is 10.1. The van der Waals surface area contributed by atoms with Crippen molar-refractivity contribution in [2.24, 2.45) is 0 Å². The molecule has 0 saturated carbocycles. The second-order valence-corrected chi connectivity index (χ2v) is 4.88. The standard InChI is InChI=1S/C15H19N3O3/c1-10(2)20-8-9-21-15(19)13-6-4-12(5-7-13)14-16-11(3)17-18-14/h4-7,10H,8-9H2,1-3H3,(H,16,17,18). The van der Waals surface area contributed by atoms with E-state index < -0.39 is 0 Å². The molecule has 0 aliphatic heterocycles. The summed E-state index contributed by atoms with van der Waals surface area (Å²) in [6.45, 7) is 6.36. The number of benzene rings is 1. The Morgan fingerprint density at radius 3 is 2.52 bits per heavy atom. The number of carbonyl (C=O) groups is 1. The lowest BCUT2D eigenvalue weighted by atomic mass is 10.1. The number of hydrogen-bond donors (Lipinski definition) is 1. The molecule has 0 fully saturated rings. The number of carbonyl (C=O) groups excluding carboxylic acids is 1. The van der Waals surface area contributed by atoms with Gasteiger partial charge in [-0.1, -0.05) is 12.1 Å². The SMILES string of the molecule is Cc1nc(-c2ccc(C(=O)OCCOC(C)C)cc2)n[nH]1. The molecule has 0 aliphatic rings.